The molecule has 1 aliphatic rings. The summed E-state index contributed by atoms with van der Waals surface area (Å²) in [7, 11) is 0. The summed E-state index contributed by atoms with van der Waals surface area (Å²) in [6.45, 7) is 0.384. The largest absolute Gasteiger partial charge is 0.490 e. The second-order valence-corrected chi connectivity index (χ2v) is 4.79. The fraction of sp³-hybridized carbons (Fsp3) is 0.188. The van der Waals surface area contributed by atoms with Crippen molar-refractivity contribution in [2.45, 2.75) is 12.5 Å². The fourth-order valence-corrected chi connectivity index (χ4v) is 2.46. The topological polar surface area (TPSA) is 45.0 Å². The molecule has 1 atom stereocenters. The zero-order valence-corrected chi connectivity index (χ0v) is 11.1. The Hall–Kier alpha value is -2.61. The Kier molecular flexibility index (Phi) is 3.44. The van der Waals surface area contributed by atoms with Crippen molar-refractivity contribution in [3.8, 4) is 11.8 Å². The molecule has 0 aliphatic carbocycles. The van der Waals surface area contributed by atoms with E-state index in [1.54, 1.807) is 12.1 Å². The number of nitrogens with one attached hydrogen (secondary N) is 1. The Morgan fingerprint density at radius 2 is 2.10 bits per heavy atom. The number of ether oxygens (including phenoxy) is 1. The number of rotatable bonds is 2. The highest BCUT2D eigenvalue weighted by Gasteiger charge is 2.24. The van der Waals surface area contributed by atoms with Gasteiger partial charge in [-0.25, -0.2) is 8.78 Å². The monoisotopic (exact) mass is 286 g/mol. The first-order valence-corrected chi connectivity index (χ1v) is 6.56. The van der Waals surface area contributed by atoms with Crippen LogP contribution in [0.15, 0.2) is 36.4 Å². The Labute approximate surface area is 120 Å². The summed E-state index contributed by atoms with van der Waals surface area (Å²) >= 11 is 0. The number of hydrogen-bond acceptors (Lipinski definition) is 3. The lowest BCUT2D eigenvalue weighted by molar-refractivity contribution is 0.260. The Balaban J connectivity index is 1.95. The fourth-order valence-electron chi connectivity index (χ4n) is 2.46. The SMILES string of the molecule is N#Cc1cc(F)ccc1N[C@H]1CCOc2c(F)cccc21. The van der Waals surface area contributed by atoms with E-state index < -0.39 is 11.6 Å². The van der Waals surface area contributed by atoms with Gasteiger partial charge in [-0.1, -0.05) is 12.1 Å². The van der Waals surface area contributed by atoms with Crippen molar-refractivity contribution in [2.75, 3.05) is 11.9 Å². The smallest absolute Gasteiger partial charge is 0.165 e. The molecule has 2 aromatic rings. The van der Waals surface area contributed by atoms with Crippen molar-refractivity contribution in [1.29, 1.82) is 5.26 Å². The van der Waals surface area contributed by atoms with Gasteiger partial charge in [-0.05, 0) is 24.3 Å². The van der Waals surface area contributed by atoms with E-state index in [1.807, 2.05) is 6.07 Å². The van der Waals surface area contributed by atoms with Crippen LogP contribution < -0.4 is 10.1 Å². The highest BCUT2D eigenvalue weighted by Crippen LogP contribution is 2.36. The molecule has 0 radical (unpaired) electrons. The Morgan fingerprint density at radius 1 is 1.24 bits per heavy atom. The molecule has 106 valence electrons. The Morgan fingerprint density at radius 3 is 2.90 bits per heavy atom. The second-order valence-electron chi connectivity index (χ2n) is 4.79. The quantitative estimate of drug-likeness (QED) is 0.914. The van der Waals surface area contributed by atoms with Crippen molar-refractivity contribution in [3.63, 3.8) is 0 Å². The minimum atomic E-state index is -0.462. The Bertz CT molecular complexity index is 725. The van der Waals surface area contributed by atoms with Gasteiger partial charge in [0.05, 0.1) is 23.9 Å². The predicted molar refractivity (Wildman–Crippen MR) is 74.0 cm³/mol. The van der Waals surface area contributed by atoms with E-state index in [4.69, 9.17) is 10.00 Å². The van der Waals surface area contributed by atoms with Crippen LogP contribution in [0.4, 0.5) is 14.5 Å². The van der Waals surface area contributed by atoms with E-state index in [-0.39, 0.29) is 17.4 Å². The van der Waals surface area contributed by atoms with Gasteiger partial charge in [-0.15, -0.1) is 0 Å². The summed E-state index contributed by atoms with van der Waals surface area (Å²) in [6, 6.07) is 10.5. The molecule has 3 nitrogen and oxygen atoms in total. The number of hydrogen-bond donors (Lipinski definition) is 1. The molecule has 5 heteroatoms. The number of anilines is 1. The van der Waals surface area contributed by atoms with Gasteiger partial charge < -0.3 is 10.1 Å². The summed E-state index contributed by atoms with van der Waals surface area (Å²) in [4.78, 5) is 0. The van der Waals surface area contributed by atoms with Gasteiger partial charge in [-0.2, -0.15) is 5.26 Å². The maximum absolute atomic E-state index is 13.7. The minimum Gasteiger partial charge on any atom is -0.490 e. The normalized spacial score (nSPS) is 16.5. The standard InChI is InChI=1S/C16H12F2N2O/c17-11-4-5-14(10(8-11)9-19)20-15-6-7-21-16-12(15)2-1-3-13(16)18/h1-5,8,15,20H,6-7H2/t15-/m0/s1. The molecule has 21 heavy (non-hydrogen) atoms. The van der Waals surface area contributed by atoms with E-state index in [1.165, 1.54) is 24.3 Å². The van der Waals surface area contributed by atoms with Crippen molar-refractivity contribution in [3.05, 3.63) is 59.2 Å². The van der Waals surface area contributed by atoms with Crippen LogP contribution in [-0.4, -0.2) is 6.61 Å². The molecule has 1 N–H and O–H groups in total. The first kappa shape index (κ1) is 13.4. The molecule has 0 bridgehead atoms. The molecule has 0 amide bonds. The molecule has 1 heterocycles. The summed E-state index contributed by atoms with van der Waals surface area (Å²) in [5, 5.41) is 12.2. The number of nitriles is 1. The third-order valence-electron chi connectivity index (χ3n) is 3.46. The maximum Gasteiger partial charge on any atom is 0.165 e. The second kappa shape index (κ2) is 5.41. The number of nitrogens with zero attached hydrogens (tertiary/aromatic N) is 1. The van der Waals surface area contributed by atoms with Crippen LogP contribution in [0.25, 0.3) is 0 Å². The van der Waals surface area contributed by atoms with Crippen LogP contribution in [0, 0.1) is 23.0 Å². The molecule has 0 saturated carbocycles. The number of para-hydroxylation sites is 1. The van der Waals surface area contributed by atoms with Crippen LogP contribution >= 0.6 is 0 Å². The first-order valence-electron chi connectivity index (χ1n) is 6.56. The lowest BCUT2D eigenvalue weighted by atomic mass is 9.99. The third kappa shape index (κ3) is 2.52. The number of halogens is 2. The highest BCUT2D eigenvalue weighted by molar-refractivity contribution is 5.59. The van der Waals surface area contributed by atoms with Crippen LogP contribution in [-0.2, 0) is 0 Å². The number of fused-ring (bicyclic) bond motifs is 1. The van der Waals surface area contributed by atoms with E-state index in [0.717, 1.165) is 0 Å². The summed E-state index contributed by atoms with van der Waals surface area (Å²) in [5.41, 5.74) is 1.45. The molecule has 2 aromatic carbocycles. The third-order valence-corrected chi connectivity index (χ3v) is 3.46. The zero-order chi connectivity index (χ0) is 14.8. The van der Waals surface area contributed by atoms with Gasteiger partial charge in [0.2, 0.25) is 0 Å². The van der Waals surface area contributed by atoms with Crippen LogP contribution in [0.3, 0.4) is 0 Å². The van der Waals surface area contributed by atoms with Crippen LogP contribution in [0.1, 0.15) is 23.6 Å². The molecule has 0 spiro atoms. The van der Waals surface area contributed by atoms with Gasteiger partial charge in [0.1, 0.15) is 11.9 Å². The van der Waals surface area contributed by atoms with Crippen molar-refractivity contribution in [1.82, 2.24) is 0 Å². The molecular weight excluding hydrogens is 274 g/mol. The lowest BCUT2D eigenvalue weighted by Crippen LogP contribution is -2.21. The first-order chi connectivity index (χ1) is 10.2. The molecule has 0 saturated heterocycles. The molecule has 0 fully saturated rings. The van der Waals surface area contributed by atoms with E-state index >= 15 is 0 Å². The van der Waals surface area contributed by atoms with Crippen LogP contribution in [0.2, 0.25) is 0 Å². The summed E-state index contributed by atoms with van der Waals surface area (Å²) in [5.74, 6) is -0.629. The maximum atomic E-state index is 13.7. The van der Waals surface area contributed by atoms with E-state index in [0.29, 0.717) is 24.3 Å². The van der Waals surface area contributed by atoms with Crippen molar-refractivity contribution >= 4 is 5.69 Å². The van der Waals surface area contributed by atoms with E-state index in [9.17, 15) is 8.78 Å². The minimum absolute atomic E-state index is 0.179. The zero-order valence-electron chi connectivity index (χ0n) is 11.1. The van der Waals surface area contributed by atoms with Gasteiger partial charge >= 0.3 is 0 Å². The van der Waals surface area contributed by atoms with Gasteiger partial charge in [0.15, 0.2) is 11.6 Å². The lowest BCUT2D eigenvalue weighted by Gasteiger charge is -2.28. The average Bonchev–Trinajstić information content (AvgIpc) is 2.50. The summed E-state index contributed by atoms with van der Waals surface area (Å²) < 4.78 is 32.2. The van der Waals surface area contributed by atoms with E-state index in [2.05, 4.69) is 5.32 Å². The molecule has 0 unspecified atom stereocenters. The number of benzene rings is 2. The van der Waals surface area contributed by atoms with Crippen molar-refractivity contribution in [2.24, 2.45) is 0 Å². The molecular formula is C16H12F2N2O. The van der Waals surface area contributed by atoms with Gasteiger partial charge in [0, 0.05) is 12.0 Å². The molecule has 1 aliphatic heterocycles. The molecule has 0 aromatic heterocycles. The predicted octanol–water partition coefficient (Wildman–Crippen LogP) is 3.77. The van der Waals surface area contributed by atoms with Crippen molar-refractivity contribution < 1.29 is 13.5 Å². The van der Waals surface area contributed by atoms with Gasteiger partial charge in [-0.3, -0.25) is 0 Å². The highest BCUT2D eigenvalue weighted by atomic mass is 19.1. The van der Waals surface area contributed by atoms with Gasteiger partial charge in [0.25, 0.3) is 0 Å². The van der Waals surface area contributed by atoms with Crippen LogP contribution in [0.5, 0.6) is 5.75 Å². The average molecular weight is 286 g/mol. The molecule has 3 rings (SSSR count). The summed E-state index contributed by atoms with van der Waals surface area (Å²) in [6.07, 6.45) is 0.638.